The van der Waals surface area contributed by atoms with Crippen molar-refractivity contribution in [2.24, 2.45) is 0 Å². The van der Waals surface area contributed by atoms with Crippen LogP contribution >= 0.6 is 65.9 Å². The molecule has 0 bridgehead atoms. The van der Waals surface area contributed by atoms with Crippen LogP contribution in [0.4, 0.5) is 0 Å². The summed E-state index contributed by atoms with van der Waals surface area (Å²) in [6.07, 6.45) is 8.98. The molecule has 0 aliphatic heterocycles. The molecular weight excluding hydrogens is 1030 g/mol. The zero-order valence-corrected chi connectivity index (χ0v) is 37.8. The fraction of sp³-hybridized carbons (Fsp3) is 0.0682. The zero-order valence-electron chi connectivity index (χ0n) is 28.2. The molecule has 0 atom stereocenters. The maximum atomic E-state index is 5.83. The van der Waals surface area contributed by atoms with Crippen LogP contribution in [0.3, 0.4) is 0 Å². The Balaban J connectivity index is 0.000000209. The van der Waals surface area contributed by atoms with E-state index in [1.807, 2.05) is 12.2 Å². The van der Waals surface area contributed by atoms with Crippen LogP contribution in [0.2, 0.25) is 0 Å². The summed E-state index contributed by atoms with van der Waals surface area (Å²) in [7, 11) is -0.892. The first kappa shape index (κ1) is 44.8. The molecule has 6 aromatic carbocycles. The summed E-state index contributed by atoms with van der Waals surface area (Å²) < 4.78 is 0. The molecule has 1 aliphatic carbocycles. The van der Waals surface area contributed by atoms with Crippen LogP contribution in [-0.4, -0.2) is 0 Å². The number of halogens is 4. The molecule has 0 unspecified atom stereocenters. The van der Waals surface area contributed by atoms with Crippen molar-refractivity contribution in [1.29, 1.82) is 0 Å². The molecule has 6 aromatic rings. The fourth-order valence-corrected chi connectivity index (χ4v) is 10.2. The molecule has 0 fully saturated rings. The molecule has 0 spiro atoms. The van der Waals surface area contributed by atoms with Gasteiger partial charge in [0.25, 0.3) is 0 Å². The van der Waals surface area contributed by atoms with E-state index in [-0.39, 0.29) is 20.4 Å². The van der Waals surface area contributed by atoms with Crippen molar-refractivity contribution in [1.82, 2.24) is 0 Å². The molecule has 0 saturated heterocycles. The van der Waals surface area contributed by atoms with Gasteiger partial charge in [-0.3, -0.25) is 0 Å². The first-order valence-electron chi connectivity index (χ1n) is 16.4. The molecule has 0 saturated carbocycles. The van der Waals surface area contributed by atoms with Crippen LogP contribution < -0.4 is 31.8 Å². The van der Waals surface area contributed by atoms with Crippen LogP contribution in [0.5, 0.6) is 0 Å². The number of allylic oxidation sites excluding steroid dienone is 4. The van der Waals surface area contributed by atoms with E-state index in [0.29, 0.717) is 19.0 Å². The van der Waals surface area contributed by atoms with Gasteiger partial charge in [0.2, 0.25) is 0 Å². The van der Waals surface area contributed by atoms with Crippen LogP contribution in [0.15, 0.2) is 204 Å². The van der Waals surface area contributed by atoms with Crippen molar-refractivity contribution in [3.8, 4) is 0 Å². The smallest absolute Gasteiger partial charge is 0 e. The minimum absolute atomic E-state index is 0. The summed E-state index contributed by atoms with van der Waals surface area (Å²) in [6.45, 7) is 0. The summed E-state index contributed by atoms with van der Waals surface area (Å²) in [4.78, 5) is 0. The van der Waals surface area contributed by atoms with E-state index in [4.69, 9.17) is 23.2 Å². The summed E-state index contributed by atoms with van der Waals surface area (Å²) in [5.41, 5.74) is 0. The fourth-order valence-electron chi connectivity index (χ4n) is 5.19. The molecule has 0 N–H and O–H groups in total. The third-order valence-corrected chi connectivity index (χ3v) is 13.2. The predicted octanol–water partition coefficient (Wildman–Crippen LogP) is 12.2. The van der Waals surface area contributed by atoms with E-state index in [0.717, 1.165) is 24.3 Å². The third-order valence-electron chi connectivity index (χ3n) is 7.49. The van der Waals surface area contributed by atoms with E-state index in [2.05, 4.69) is 215 Å². The summed E-state index contributed by atoms with van der Waals surface area (Å²) >= 11 is 18.4. The standard InChI is InChI=1S/2C18H15P.C8H9Cl2.2BrH.2Pd/c2*1-4-10-16(11-5-1)19(17-12-6-2-7-13-17)18-14-8-3-9-15-18;9-7-5-3-1-2-4-6-8(7)10;;;;/h2*1-15H;1,3,5H,2,4,6H2;2*1H;;/q;;-1;;;;+2/p-2. The number of benzene rings is 6. The number of rotatable bonds is 6. The zero-order chi connectivity index (χ0) is 35.9. The van der Waals surface area contributed by atoms with Gasteiger partial charge in [-0.15, -0.1) is 18.0 Å². The Bertz CT molecular complexity index is 1550. The van der Waals surface area contributed by atoms with Gasteiger partial charge in [0.15, 0.2) is 0 Å². The second kappa shape index (κ2) is 27.1. The van der Waals surface area contributed by atoms with Crippen molar-refractivity contribution in [3.63, 3.8) is 0 Å². The second-order valence-corrected chi connectivity index (χ2v) is 23.4. The van der Waals surface area contributed by atoms with Gasteiger partial charge in [-0.25, -0.2) is 12.5 Å². The Hall–Kier alpha value is -1.61. The molecule has 0 heterocycles. The van der Waals surface area contributed by atoms with Crippen LogP contribution in [0.25, 0.3) is 0 Å². The first-order valence-corrected chi connectivity index (χ1v) is 26.9. The van der Waals surface area contributed by atoms with Gasteiger partial charge in [0.1, 0.15) is 0 Å². The van der Waals surface area contributed by atoms with Crippen LogP contribution in [-0.2, 0) is 34.4 Å². The minimum atomic E-state index is -0.446. The molecule has 1 aliphatic rings. The molecule has 52 heavy (non-hydrogen) atoms. The quantitative estimate of drug-likeness (QED) is 0.0886. The van der Waals surface area contributed by atoms with E-state index >= 15 is 0 Å². The predicted molar refractivity (Wildman–Crippen MR) is 234 cm³/mol. The van der Waals surface area contributed by atoms with Gasteiger partial charge in [0.05, 0.1) is 0 Å². The van der Waals surface area contributed by atoms with Crippen molar-refractivity contribution in [2.45, 2.75) is 19.3 Å². The largest absolute Gasteiger partial charge is 0.0622 e. The average molecular weight is 1070 g/mol. The minimum Gasteiger partial charge on any atom is -0.0622 e. The summed E-state index contributed by atoms with van der Waals surface area (Å²) in [5, 5.41) is 9.85. The maximum absolute atomic E-state index is 5.83. The normalized spacial score (nSPS) is 12.0. The van der Waals surface area contributed by atoms with Gasteiger partial charge < -0.3 is 0 Å². The molecule has 0 nitrogen and oxygen atoms in total. The van der Waals surface area contributed by atoms with E-state index in [9.17, 15) is 0 Å². The van der Waals surface area contributed by atoms with Gasteiger partial charge >= 0.3 is 40.8 Å². The Morgan fingerprint density at radius 2 is 0.712 bits per heavy atom. The molecule has 7 rings (SSSR count). The molecule has 0 aromatic heterocycles. The van der Waals surface area contributed by atoms with Gasteiger partial charge in [-0.1, -0.05) is 200 Å². The monoisotopic (exact) mass is 1070 g/mol. The van der Waals surface area contributed by atoms with Crippen molar-refractivity contribution >= 4 is 97.7 Å². The van der Waals surface area contributed by atoms with E-state index in [1.165, 1.54) is 31.8 Å². The third kappa shape index (κ3) is 15.6. The second-order valence-electron chi connectivity index (χ2n) is 11.0. The summed E-state index contributed by atoms with van der Waals surface area (Å²) in [6, 6.07) is 64.7. The number of hydrogen-bond acceptors (Lipinski definition) is 0. The Morgan fingerprint density at radius 1 is 0.462 bits per heavy atom. The van der Waals surface area contributed by atoms with E-state index < -0.39 is 15.8 Å². The Labute approximate surface area is 358 Å². The van der Waals surface area contributed by atoms with Crippen molar-refractivity contribution in [2.75, 3.05) is 0 Å². The van der Waals surface area contributed by atoms with Crippen molar-refractivity contribution in [3.05, 3.63) is 211 Å². The molecular formula is C44H39Br2Cl2P2Pd2-. The molecule has 8 heteroatoms. The average Bonchev–Trinajstić information content (AvgIpc) is 3.19. The Morgan fingerprint density at radius 3 is 0.962 bits per heavy atom. The van der Waals surface area contributed by atoms with Crippen molar-refractivity contribution < 1.29 is 34.4 Å². The van der Waals surface area contributed by atoms with Gasteiger partial charge in [0, 0.05) is 25.5 Å². The molecule has 0 radical (unpaired) electrons. The van der Waals surface area contributed by atoms with Crippen LogP contribution in [0.1, 0.15) is 19.3 Å². The van der Waals surface area contributed by atoms with E-state index in [1.54, 1.807) is 0 Å². The van der Waals surface area contributed by atoms with Gasteiger partial charge in [-0.2, -0.15) is 6.08 Å². The molecule has 0 amide bonds. The topological polar surface area (TPSA) is 0 Å². The van der Waals surface area contributed by atoms with Gasteiger partial charge in [-0.05, 0) is 59.1 Å². The maximum Gasteiger partial charge on any atom is 0 e. The number of hydrogen-bond donors (Lipinski definition) is 0. The Kier molecular flexibility index (Phi) is 23.3. The molecule has 274 valence electrons. The summed E-state index contributed by atoms with van der Waals surface area (Å²) in [5.74, 6) is 0. The SMILES string of the molecule is ClC1=C(Cl)CCC[CH-]C=C1.[Br][Pd][Br].[Pd].c1ccc(P(c2ccccc2)c2ccccc2)cc1.c1ccc(P(c2ccccc2)c2ccccc2)cc1. The first-order chi connectivity index (χ1) is 25.1. The van der Waals surface area contributed by atoms with Crippen LogP contribution in [0, 0.1) is 6.42 Å².